The predicted molar refractivity (Wildman–Crippen MR) is 84.2 cm³/mol. The number of aromatic nitrogens is 1. The van der Waals surface area contributed by atoms with Gasteiger partial charge >= 0.3 is 0 Å². The normalized spacial score (nSPS) is 10.8. The second-order valence-corrected chi connectivity index (χ2v) is 5.19. The highest BCUT2D eigenvalue weighted by Crippen LogP contribution is 2.31. The lowest BCUT2D eigenvalue weighted by Gasteiger charge is -2.07. The van der Waals surface area contributed by atoms with Gasteiger partial charge in [-0.15, -0.1) is 0 Å². The molecule has 0 aliphatic carbocycles. The number of nitrogens with zero attached hydrogens (tertiary/aromatic N) is 1. The Balaban J connectivity index is 2.27. The van der Waals surface area contributed by atoms with Gasteiger partial charge in [0.05, 0.1) is 12.8 Å². The first kappa shape index (κ1) is 13.4. The zero-order valence-electron chi connectivity index (χ0n) is 12.4. The number of aryl methyl sites for hydroxylation is 2. The second-order valence-electron chi connectivity index (χ2n) is 5.19. The van der Waals surface area contributed by atoms with Crippen molar-refractivity contribution in [2.75, 3.05) is 7.11 Å². The van der Waals surface area contributed by atoms with E-state index >= 15 is 0 Å². The summed E-state index contributed by atoms with van der Waals surface area (Å²) in [6.07, 6.45) is 2.84. The first-order valence-corrected chi connectivity index (χ1v) is 6.86. The Morgan fingerprint density at radius 3 is 2.57 bits per heavy atom. The van der Waals surface area contributed by atoms with Crippen LogP contribution in [0.25, 0.3) is 16.6 Å². The number of carbonyl (C=O) groups excluding carboxylic acids is 1. The van der Waals surface area contributed by atoms with Gasteiger partial charge in [0.25, 0.3) is 0 Å². The summed E-state index contributed by atoms with van der Waals surface area (Å²) in [7, 11) is 1.66. The number of fused-ring (bicyclic) bond motifs is 1. The third kappa shape index (κ3) is 2.11. The summed E-state index contributed by atoms with van der Waals surface area (Å²) in [5.74, 6) is 0.853. The molecular formula is C18H17NO2. The van der Waals surface area contributed by atoms with E-state index in [1.54, 1.807) is 7.11 Å². The monoisotopic (exact) mass is 279 g/mol. The Kier molecular flexibility index (Phi) is 3.26. The highest BCUT2D eigenvalue weighted by atomic mass is 16.5. The third-order valence-corrected chi connectivity index (χ3v) is 3.88. The minimum absolute atomic E-state index is 0.679. The number of rotatable bonds is 3. The minimum atomic E-state index is 0.679. The molecule has 0 bridgehead atoms. The van der Waals surface area contributed by atoms with Gasteiger partial charge in [-0.2, -0.15) is 0 Å². The Bertz CT molecular complexity index is 831. The van der Waals surface area contributed by atoms with E-state index in [1.165, 1.54) is 0 Å². The van der Waals surface area contributed by atoms with Gasteiger partial charge in [-0.25, -0.2) is 0 Å². The van der Waals surface area contributed by atoms with E-state index in [0.717, 1.165) is 39.8 Å². The smallest absolute Gasteiger partial charge is 0.167 e. The van der Waals surface area contributed by atoms with E-state index in [1.807, 2.05) is 48.7 Å². The van der Waals surface area contributed by atoms with Gasteiger partial charge in [0.15, 0.2) is 6.29 Å². The molecule has 1 aromatic carbocycles. The van der Waals surface area contributed by atoms with Gasteiger partial charge in [-0.05, 0) is 54.8 Å². The van der Waals surface area contributed by atoms with Crippen LogP contribution in [0.5, 0.6) is 5.75 Å². The maximum atomic E-state index is 11.5. The molecule has 3 rings (SSSR count). The van der Waals surface area contributed by atoms with Crippen LogP contribution in [-0.2, 0) is 0 Å². The molecule has 3 heteroatoms. The molecule has 21 heavy (non-hydrogen) atoms. The van der Waals surface area contributed by atoms with E-state index in [-0.39, 0.29) is 0 Å². The van der Waals surface area contributed by atoms with E-state index in [4.69, 9.17) is 4.74 Å². The molecule has 0 unspecified atom stereocenters. The van der Waals surface area contributed by atoms with Crippen molar-refractivity contribution >= 4 is 11.8 Å². The van der Waals surface area contributed by atoms with Crippen LogP contribution >= 0.6 is 0 Å². The Morgan fingerprint density at radius 2 is 1.90 bits per heavy atom. The van der Waals surface area contributed by atoms with Crippen LogP contribution in [0.4, 0.5) is 0 Å². The molecule has 0 aliphatic heterocycles. The summed E-state index contributed by atoms with van der Waals surface area (Å²) in [6, 6.07) is 12.1. The van der Waals surface area contributed by atoms with Crippen molar-refractivity contribution in [2.24, 2.45) is 0 Å². The molecular weight excluding hydrogens is 262 g/mol. The molecule has 0 saturated carbocycles. The van der Waals surface area contributed by atoms with Crippen molar-refractivity contribution in [3.63, 3.8) is 0 Å². The first-order chi connectivity index (χ1) is 10.2. The quantitative estimate of drug-likeness (QED) is 0.677. The Labute approximate surface area is 123 Å². The average Bonchev–Trinajstić information content (AvgIpc) is 2.87. The molecule has 0 aliphatic rings. The molecule has 0 N–H and O–H groups in total. The standard InChI is InChI=1S/C18H17NO2/c1-12-5-4-8-19-16(12)10-15(17(19)11-20)14-6-7-18(21-3)13(2)9-14/h4-11H,1-3H3. The summed E-state index contributed by atoms with van der Waals surface area (Å²) in [5, 5.41) is 0. The zero-order chi connectivity index (χ0) is 15.0. The molecule has 106 valence electrons. The van der Waals surface area contributed by atoms with E-state index in [9.17, 15) is 4.79 Å². The summed E-state index contributed by atoms with van der Waals surface area (Å²) < 4.78 is 7.24. The van der Waals surface area contributed by atoms with Crippen LogP contribution in [0, 0.1) is 13.8 Å². The fourth-order valence-electron chi connectivity index (χ4n) is 2.76. The van der Waals surface area contributed by atoms with Gasteiger partial charge in [0, 0.05) is 17.3 Å². The number of pyridine rings is 1. The third-order valence-electron chi connectivity index (χ3n) is 3.88. The molecule has 0 saturated heterocycles. The average molecular weight is 279 g/mol. The fraction of sp³-hybridized carbons (Fsp3) is 0.167. The van der Waals surface area contributed by atoms with Crippen LogP contribution in [0.2, 0.25) is 0 Å². The van der Waals surface area contributed by atoms with Gasteiger partial charge < -0.3 is 9.14 Å². The lowest BCUT2D eigenvalue weighted by atomic mass is 10.0. The molecule has 3 aromatic rings. The molecule has 0 radical (unpaired) electrons. The number of methoxy groups -OCH3 is 1. The molecule has 2 heterocycles. The lowest BCUT2D eigenvalue weighted by molar-refractivity contribution is 0.111. The van der Waals surface area contributed by atoms with Gasteiger partial charge in [-0.1, -0.05) is 12.1 Å². The highest BCUT2D eigenvalue weighted by Gasteiger charge is 2.13. The second kappa shape index (κ2) is 5.09. The molecule has 0 fully saturated rings. The van der Waals surface area contributed by atoms with Crippen molar-refractivity contribution in [3.8, 4) is 16.9 Å². The van der Waals surface area contributed by atoms with Gasteiger partial charge in [0.1, 0.15) is 5.75 Å². The Hall–Kier alpha value is -2.55. The SMILES string of the molecule is COc1ccc(-c2cc3c(C)cccn3c2C=O)cc1C. The summed E-state index contributed by atoms with van der Waals surface area (Å²) in [5.41, 5.74) is 5.92. The van der Waals surface area contributed by atoms with Crippen molar-refractivity contribution in [1.29, 1.82) is 0 Å². The van der Waals surface area contributed by atoms with Crippen LogP contribution < -0.4 is 4.74 Å². The van der Waals surface area contributed by atoms with Crippen LogP contribution in [0.1, 0.15) is 21.6 Å². The topological polar surface area (TPSA) is 30.7 Å². The number of benzene rings is 1. The molecule has 2 aromatic heterocycles. The Morgan fingerprint density at radius 1 is 1.10 bits per heavy atom. The van der Waals surface area contributed by atoms with Crippen LogP contribution in [-0.4, -0.2) is 17.8 Å². The number of ether oxygens (including phenoxy) is 1. The van der Waals surface area contributed by atoms with Gasteiger partial charge in [-0.3, -0.25) is 4.79 Å². The molecule has 0 atom stereocenters. The van der Waals surface area contributed by atoms with Crippen molar-refractivity contribution in [2.45, 2.75) is 13.8 Å². The summed E-state index contributed by atoms with van der Waals surface area (Å²) in [6.45, 7) is 4.05. The van der Waals surface area contributed by atoms with Crippen molar-refractivity contribution < 1.29 is 9.53 Å². The number of carbonyl (C=O) groups is 1. The van der Waals surface area contributed by atoms with E-state index in [2.05, 4.69) is 12.1 Å². The largest absolute Gasteiger partial charge is 0.496 e. The van der Waals surface area contributed by atoms with Crippen LogP contribution in [0.3, 0.4) is 0 Å². The van der Waals surface area contributed by atoms with Crippen molar-refractivity contribution in [3.05, 3.63) is 59.4 Å². The highest BCUT2D eigenvalue weighted by molar-refractivity contribution is 5.90. The van der Waals surface area contributed by atoms with E-state index in [0.29, 0.717) is 5.69 Å². The molecule has 0 amide bonds. The predicted octanol–water partition coefficient (Wildman–Crippen LogP) is 4.04. The van der Waals surface area contributed by atoms with Crippen molar-refractivity contribution in [1.82, 2.24) is 4.40 Å². The number of hydrogen-bond acceptors (Lipinski definition) is 2. The number of aldehydes is 1. The van der Waals surface area contributed by atoms with E-state index < -0.39 is 0 Å². The summed E-state index contributed by atoms with van der Waals surface area (Å²) in [4.78, 5) is 11.5. The first-order valence-electron chi connectivity index (χ1n) is 6.86. The maximum absolute atomic E-state index is 11.5. The minimum Gasteiger partial charge on any atom is -0.496 e. The zero-order valence-corrected chi connectivity index (χ0v) is 12.4. The fourth-order valence-corrected chi connectivity index (χ4v) is 2.76. The number of hydrogen-bond donors (Lipinski definition) is 0. The maximum Gasteiger partial charge on any atom is 0.167 e. The van der Waals surface area contributed by atoms with Gasteiger partial charge in [0.2, 0.25) is 0 Å². The van der Waals surface area contributed by atoms with Crippen LogP contribution in [0.15, 0.2) is 42.6 Å². The molecule has 0 spiro atoms. The molecule has 3 nitrogen and oxygen atoms in total. The summed E-state index contributed by atoms with van der Waals surface area (Å²) >= 11 is 0. The lowest BCUT2D eigenvalue weighted by Crippen LogP contribution is -1.93.